The van der Waals surface area contributed by atoms with Crippen molar-refractivity contribution in [1.29, 1.82) is 0 Å². The molecule has 4 unspecified atom stereocenters. The summed E-state index contributed by atoms with van der Waals surface area (Å²) >= 11 is 0. The van der Waals surface area contributed by atoms with Gasteiger partial charge in [0.15, 0.2) is 0 Å². The number of anilines is 6. The van der Waals surface area contributed by atoms with Crippen LogP contribution in [-0.2, 0) is 16.2 Å². The first-order valence-corrected chi connectivity index (χ1v) is 34.6. The number of nitrogens with zero attached hydrogens (tertiary/aromatic N) is 4. The van der Waals surface area contributed by atoms with E-state index in [2.05, 4.69) is 305 Å². The van der Waals surface area contributed by atoms with Gasteiger partial charge in [0.1, 0.15) is 0 Å². The Balaban J connectivity index is 1.03. The van der Waals surface area contributed by atoms with Gasteiger partial charge in [0.05, 0.1) is 17.1 Å². The van der Waals surface area contributed by atoms with E-state index in [1.165, 1.54) is 143 Å². The molecular formula is C86H95BN4. The molecule has 5 aliphatic rings. The second-order valence-corrected chi connectivity index (χ2v) is 33.1. The molecule has 4 atom stereocenters. The molecule has 0 bridgehead atoms. The normalized spacial score (nSPS) is 19.8. The zero-order valence-corrected chi connectivity index (χ0v) is 57.2. The molecule has 0 saturated carbocycles. The molecule has 4 heterocycles. The lowest BCUT2D eigenvalue weighted by Crippen LogP contribution is -2.61. The molecule has 2 aliphatic heterocycles. The number of para-hydroxylation sites is 3. The van der Waals surface area contributed by atoms with Crippen LogP contribution in [0.25, 0.3) is 49.3 Å². The van der Waals surface area contributed by atoms with Gasteiger partial charge < -0.3 is 18.9 Å². The minimum atomic E-state index is -0.154. The fraction of sp³-hybridized carbons (Fsp3) is 0.372. The van der Waals surface area contributed by atoms with E-state index in [1.807, 2.05) is 0 Å². The van der Waals surface area contributed by atoms with Gasteiger partial charge in [0.25, 0.3) is 6.71 Å². The maximum atomic E-state index is 2.94. The van der Waals surface area contributed by atoms with Crippen LogP contribution in [0.2, 0.25) is 0 Å². The van der Waals surface area contributed by atoms with E-state index >= 15 is 0 Å². The maximum absolute atomic E-state index is 2.94. The van der Waals surface area contributed by atoms with Crippen molar-refractivity contribution in [1.82, 2.24) is 9.13 Å². The van der Waals surface area contributed by atoms with Crippen LogP contribution in [0.1, 0.15) is 178 Å². The van der Waals surface area contributed by atoms with Gasteiger partial charge in [-0.1, -0.05) is 206 Å². The number of aromatic nitrogens is 2. The molecule has 0 fully saturated rings. The lowest BCUT2D eigenvalue weighted by atomic mass is 9.33. The zero-order valence-electron chi connectivity index (χ0n) is 57.2. The Labute approximate surface area is 543 Å². The Morgan fingerprint density at radius 3 is 1.49 bits per heavy atom. The summed E-state index contributed by atoms with van der Waals surface area (Å²) in [5, 5.41) is 5.36. The molecule has 10 aromatic rings. The second kappa shape index (κ2) is 21.4. The number of fused-ring (bicyclic) bond motifs is 11. The van der Waals surface area contributed by atoms with Gasteiger partial charge in [-0.25, -0.2) is 0 Å². The lowest BCUT2D eigenvalue weighted by Gasteiger charge is -2.45. The lowest BCUT2D eigenvalue weighted by molar-refractivity contribution is 0.200. The average Bonchev–Trinajstić information content (AvgIpc) is 1.67. The van der Waals surface area contributed by atoms with Crippen molar-refractivity contribution in [2.24, 2.45) is 28.6 Å². The SMILES string of the molecule is CC(C)(C)C1=CCC(C2=CCCC(C3CC=C(C(C)(C)C)CC3)C2n2c3ccccc3c3c4c(ccc32)N(c2ccccc2)c2cc(C(C)(C)C)cc3c2B4c2ccc(-n4c5ccc(C(C)(C)C)cc5c5cc(C(C)(C)C)ccc54)cc2N3c2ccccc2)CC1. The predicted octanol–water partition coefficient (Wildman–Crippen LogP) is 22.3. The van der Waals surface area contributed by atoms with E-state index in [0.29, 0.717) is 17.8 Å². The number of allylic oxidation sites excluding steroid dienone is 6. The van der Waals surface area contributed by atoms with Gasteiger partial charge in [-0.3, -0.25) is 0 Å². The predicted molar refractivity (Wildman–Crippen MR) is 394 cm³/mol. The summed E-state index contributed by atoms with van der Waals surface area (Å²) in [5.41, 5.74) is 27.0. The van der Waals surface area contributed by atoms with Crippen LogP contribution in [0, 0.1) is 28.6 Å². The van der Waals surface area contributed by atoms with Crippen LogP contribution in [-0.4, -0.2) is 15.8 Å². The second-order valence-electron chi connectivity index (χ2n) is 33.1. The first-order valence-electron chi connectivity index (χ1n) is 34.6. The first kappa shape index (κ1) is 59.5. The Kier molecular flexibility index (Phi) is 14.0. The molecule has 0 spiro atoms. The molecule has 15 rings (SSSR count). The third-order valence-corrected chi connectivity index (χ3v) is 22.3. The molecule has 462 valence electrons. The van der Waals surface area contributed by atoms with Crippen molar-refractivity contribution < 1.29 is 0 Å². The highest BCUT2D eigenvalue weighted by Crippen LogP contribution is 2.55. The van der Waals surface area contributed by atoms with Crippen molar-refractivity contribution in [3.8, 4) is 5.69 Å². The Bertz CT molecular complexity index is 4570. The van der Waals surface area contributed by atoms with Crippen molar-refractivity contribution in [2.45, 2.75) is 178 Å². The third-order valence-electron chi connectivity index (χ3n) is 22.3. The van der Waals surface area contributed by atoms with Gasteiger partial charge >= 0.3 is 0 Å². The number of rotatable bonds is 6. The minimum absolute atomic E-state index is 0.00146. The summed E-state index contributed by atoms with van der Waals surface area (Å²) < 4.78 is 5.52. The third kappa shape index (κ3) is 9.90. The van der Waals surface area contributed by atoms with E-state index in [0.717, 1.165) is 24.9 Å². The molecule has 91 heavy (non-hydrogen) atoms. The Morgan fingerprint density at radius 2 is 0.945 bits per heavy atom. The number of benzene rings is 8. The summed E-state index contributed by atoms with van der Waals surface area (Å²) in [6.45, 7) is 35.6. The van der Waals surface area contributed by atoms with Crippen molar-refractivity contribution in [3.05, 3.63) is 215 Å². The smallest absolute Gasteiger partial charge is 0.253 e. The zero-order chi connectivity index (χ0) is 63.4. The molecule has 2 aromatic heterocycles. The highest BCUT2D eigenvalue weighted by Gasteiger charge is 2.47. The number of hydrogen-bond acceptors (Lipinski definition) is 2. The van der Waals surface area contributed by atoms with Crippen LogP contribution >= 0.6 is 0 Å². The quantitative estimate of drug-likeness (QED) is 0.122. The molecule has 0 amide bonds. The molecule has 0 radical (unpaired) electrons. The molecule has 8 aromatic carbocycles. The van der Waals surface area contributed by atoms with Crippen LogP contribution < -0.4 is 26.2 Å². The fourth-order valence-corrected chi connectivity index (χ4v) is 17.3. The first-order chi connectivity index (χ1) is 43.3. The monoisotopic (exact) mass is 1190 g/mol. The fourth-order valence-electron chi connectivity index (χ4n) is 17.3. The van der Waals surface area contributed by atoms with Gasteiger partial charge in [-0.2, -0.15) is 0 Å². The summed E-state index contributed by atoms with van der Waals surface area (Å²) in [6, 6.07) is 64.8. The summed E-state index contributed by atoms with van der Waals surface area (Å²) in [6.07, 6.45) is 17.6. The van der Waals surface area contributed by atoms with E-state index < -0.39 is 0 Å². The maximum Gasteiger partial charge on any atom is 0.253 e. The van der Waals surface area contributed by atoms with Crippen LogP contribution in [0.5, 0.6) is 0 Å². The van der Waals surface area contributed by atoms with Crippen LogP contribution in [0.4, 0.5) is 34.1 Å². The highest BCUT2D eigenvalue weighted by molar-refractivity contribution is 7.02. The van der Waals surface area contributed by atoms with Gasteiger partial charge in [0, 0.05) is 72.4 Å². The average molecular weight is 1200 g/mol. The minimum Gasteiger partial charge on any atom is -0.333 e. The summed E-state index contributed by atoms with van der Waals surface area (Å²) in [4.78, 5) is 5.29. The van der Waals surface area contributed by atoms with Gasteiger partial charge in [-0.15, -0.1) is 0 Å². The van der Waals surface area contributed by atoms with E-state index in [9.17, 15) is 0 Å². The summed E-state index contributed by atoms with van der Waals surface area (Å²) in [7, 11) is 0. The highest BCUT2D eigenvalue weighted by atomic mass is 15.2. The molecule has 3 aliphatic carbocycles. The summed E-state index contributed by atoms with van der Waals surface area (Å²) in [5.74, 6) is 1.63. The number of hydrogen-bond donors (Lipinski definition) is 0. The topological polar surface area (TPSA) is 16.3 Å². The van der Waals surface area contributed by atoms with Crippen LogP contribution in [0.3, 0.4) is 0 Å². The van der Waals surface area contributed by atoms with Crippen molar-refractivity contribution in [3.63, 3.8) is 0 Å². The molecule has 4 nitrogen and oxygen atoms in total. The molecule has 5 heteroatoms. The van der Waals surface area contributed by atoms with E-state index in [4.69, 9.17) is 0 Å². The van der Waals surface area contributed by atoms with E-state index in [1.54, 1.807) is 16.7 Å². The van der Waals surface area contributed by atoms with Crippen molar-refractivity contribution in [2.75, 3.05) is 9.80 Å². The van der Waals surface area contributed by atoms with Crippen molar-refractivity contribution >= 4 is 101 Å². The van der Waals surface area contributed by atoms with Gasteiger partial charge in [0.2, 0.25) is 0 Å². The Morgan fingerprint density at radius 1 is 0.396 bits per heavy atom. The standard InChI is InChI=1S/C86H95BN4/c1-82(2,3)56-37-33-54(34-38-56)64-30-24-31-65(55-35-39-57(40-36-55)83(4,5)6)81(64)91-70-32-23-22-29-66(70)78-73(91)47-48-74-80(78)87-69-44-43-63(90-71-45-41-58(84(7,8)9)49-67(71)68-50-59(85(10,11)12)42-46-72(68)90)53-75(69)89(62-27-20-17-21-28-62)77-52-60(86(13,14)15)51-76(79(77)87)88(74)61-25-18-16-19-26-61/h16-23,25-30,32,37,39,41-55,65,81H,24,31,33-36,38,40H2,1-15H3. The largest absolute Gasteiger partial charge is 0.333 e. The molecular weight excluding hydrogens is 1100 g/mol. The van der Waals surface area contributed by atoms with Gasteiger partial charge in [-0.05, 0) is 226 Å². The molecule has 0 N–H and O–H groups in total. The molecule has 0 saturated heterocycles. The van der Waals surface area contributed by atoms with Crippen LogP contribution in [0.15, 0.2) is 199 Å². The van der Waals surface area contributed by atoms with E-state index in [-0.39, 0.29) is 39.8 Å². The Hall–Kier alpha value is -7.76.